The highest BCUT2D eigenvalue weighted by atomic mass is 16.5. The summed E-state index contributed by atoms with van der Waals surface area (Å²) in [6.07, 6.45) is 2.97. The van der Waals surface area contributed by atoms with Crippen LogP contribution in [0, 0.1) is 12.8 Å². The van der Waals surface area contributed by atoms with Crippen molar-refractivity contribution in [1.82, 2.24) is 14.5 Å². The Morgan fingerprint density at radius 2 is 2.00 bits per heavy atom. The number of furan rings is 1. The zero-order valence-corrected chi connectivity index (χ0v) is 20.6. The van der Waals surface area contributed by atoms with Crippen molar-refractivity contribution in [2.75, 3.05) is 13.7 Å². The molecule has 7 heteroatoms. The fraction of sp³-hybridized carbons (Fsp3) is 0.345. The molecule has 1 aliphatic heterocycles. The van der Waals surface area contributed by atoms with E-state index in [9.17, 15) is 9.59 Å². The van der Waals surface area contributed by atoms with Gasteiger partial charge in [-0.15, -0.1) is 0 Å². The van der Waals surface area contributed by atoms with Gasteiger partial charge in [0, 0.05) is 55.5 Å². The van der Waals surface area contributed by atoms with E-state index in [-0.39, 0.29) is 11.5 Å². The lowest BCUT2D eigenvalue weighted by Gasteiger charge is -2.31. The fourth-order valence-corrected chi connectivity index (χ4v) is 5.20. The van der Waals surface area contributed by atoms with Gasteiger partial charge in [-0.1, -0.05) is 18.2 Å². The third kappa shape index (κ3) is 4.13. The Morgan fingerprint density at radius 3 is 2.81 bits per heavy atom. The molecule has 3 aromatic heterocycles. The van der Waals surface area contributed by atoms with Crippen LogP contribution in [0.15, 0.2) is 57.7 Å². The number of hydrogen-bond acceptors (Lipinski definition) is 5. The fourth-order valence-electron chi connectivity index (χ4n) is 5.20. The molecule has 0 spiro atoms. The lowest BCUT2D eigenvalue weighted by Crippen LogP contribution is -2.39. The van der Waals surface area contributed by atoms with Crippen LogP contribution >= 0.6 is 0 Å². The molecule has 0 saturated heterocycles. The van der Waals surface area contributed by atoms with Crippen LogP contribution in [0.4, 0.5) is 0 Å². The SMILES string of the molecule is COCc1ccc(C(=O)N2CCc3c(cc(-c4cccc5nc(C)ccc45)c(=O)n3CC3CC3)C2)o1. The molecule has 0 unspecified atom stereocenters. The predicted molar refractivity (Wildman–Crippen MR) is 137 cm³/mol. The Labute approximate surface area is 209 Å². The molecule has 0 bridgehead atoms. The summed E-state index contributed by atoms with van der Waals surface area (Å²) in [5.41, 5.74) is 5.48. The molecule has 0 atom stereocenters. The summed E-state index contributed by atoms with van der Waals surface area (Å²) in [5.74, 6) is 1.35. The Hall–Kier alpha value is -3.71. The van der Waals surface area contributed by atoms with Crippen LogP contribution < -0.4 is 5.56 Å². The molecule has 0 radical (unpaired) electrons. The number of aromatic nitrogens is 2. The normalized spacial score (nSPS) is 15.3. The molecule has 1 aromatic carbocycles. The van der Waals surface area contributed by atoms with E-state index in [2.05, 4.69) is 4.98 Å². The zero-order chi connectivity index (χ0) is 24.8. The largest absolute Gasteiger partial charge is 0.453 e. The number of carbonyl (C=O) groups excluding carboxylic acids is 1. The number of rotatable bonds is 6. The summed E-state index contributed by atoms with van der Waals surface area (Å²) in [5, 5.41) is 0.961. The van der Waals surface area contributed by atoms with E-state index in [4.69, 9.17) is 9.15 Å². The molecule has 0 N–H and O–H groups in total. The summed E-state index contributed by atoms with van der Waals surface area (Å²) in [4.78, 5) is 33.6. The minimum absolute atomic E-state index is 0.0451. The molecule has 6 rings (SSSR count). The van der Waals surface area contributed by atoms with Gasteiger partial charge in [-0.3, -0.25) is 14.6 Å². The van der Waals surface area contributed by atoms with Crippen molar-refractivity contribution in [2.24, 2.45) is 5.92 Å². The van der Waals surface area contributed by atoms with Gasteiger partial charge >= 0.3 is 0 Å². The van der Waals surface area contributed by atoms with Gasteiger partial charge in [-0.05, 0) is 67.1 Å². The van der Waals surface area contributed by atoms with Crippen LogP contribution in [0.25, 0.3) is 22.0 Å². The number of pyridine rings is 2. The highest BCUT2D eigenvalue weighted by Gasteiger charge is 2.30. The Kier molecular flexibility index (Phi) is 5.72. The van der Waals surface area contributed by atoms with E-state index in [1.54, 1.807) is 19.2 Å². The van der Waals surface area contributed by atoms with Crippen LogP contribution in [0.3, 0.4) is 0 Å². The molecule has 1 amide bonds. The van der Waals surface area contributed by atoms with Gasteiger partial charge < -0.3 is 18.6 Å². The number of nitrogens with zero attached hydrogens (tertiary/aromatic N) is 3. The van der Waals surface area contributed by atoms with E-state index in [0.29, 0.717) is 49.1 Å². The lowest BCUT2D eigenvalue weighted by atomic mass is 9.96. The lowest BCUT2D eigenvalue weighted by molar-refractivity contribution is 0.0692. The predicted octanol–water partition coefficient (Wildman–Crippen LogP) is 4.72. The molecule has 184 valence electrons. The maximum absolute atomic E-state index is 13.9. The average molecular weight is 484 g/mol. The van der Waals surface area contributed by atoms with E-state index in [1.165, 1.54) is 0 Å². The first-order valence-electron chi connectivity index (χ1n) is 12.5. The van der Waals surface area contributed by atoms with Gasteiger partial charge in [-0.25, -0.2) is 0 Å². The number of carbonyl (C=O) groups is 1. The first-order valence-corrected chi connectivity index (χ1v) is 12.5. The van der Waals surface area contributed by atoms with Crippen molar-refractivity contribution in [3.05, 3.63) is 87.4 Å². The number of amides is 1. The number of hydrogen-bond donors (Lipinski definition) is 0. The average Bonchev–Trinajstić information content (AvgIpc) is 3.59. The van der Waals surface area contributed by atoms with Crippen LogP contribution in [0.5, 0.6) is 0 Å². The third-order valence-corrected chi connectivity index (χ3v) is 7.22. The summed E-state index contributed by atoms with van der Waals surface area (Å²) < 4.78 is 12.8. The third-order valence-electron chi connectivity index (χ3n) is 7.22. The molecule has 1 saturated carbocycles. The zero-order valence-electron chi connectivity index (χ0n) is 20.6. The molecule has 2 aliphatic rings. The summed E-state index contributed by atoms with van der Waals surface area (Å²) in [6.45, 7) is 4.02. The number of fused-ring (bicyclic) bond motifs is 2. The molecule has 1 fully saturated rings. The second-order valence-corrected chi connectivity index (χ2v) is 9.89. The van der Waals surface area contributed by atoms with Crippen molar-refractivity contribution in [1.29, 1.82) is 0 Å². The molecule has 1 aliphatic carbocycles. The Morgan fingerprint density at radius 1 is 1.14 bits per heavy atom. The van der Waals surface area contributed by atoms with Crippen molar-refractivity contribution in [3.63, 3.8) is 0 Å². The maximum Gasteiger partial charge on any atom is 0.289 e. The standard InChI is InChI=1S/C29H29N3O4/c1-18-6-10-23-22(4-3-5-25(23)30-18)24-14-20-16-31(29(34)27-11-9-21(36-27)17-35-2)13-12-26(20)32(28(24)33)15-19-7-8-19/h3-6,9-11,14,19H,7-8,12-13,15-17H2,1-2H3. The van der Waals surface area contributed by atoms with Gasteiger partial charge in [0.1, 0.15) is 12.4 Å². The monoisotopic (exact) mass is 483 g/mol. The molecular weight excluding hydrogens is 454 g/mol. The second-order valence-electron chi connectivity index (χ2n) is 9.89. The number of methoxy groups -OCH3 is 1. The Balaban J connectivity index is 1.42. The highest BCUT2D eigenvalue weighted by molar-refractivity contribution is 5.95. The number of aryl methyl sites for hydroxylation is 1. The highest BCUT2D eigenvalue weighted by Crippen LogP contribution is 2.33. The first kappa shape index (κ1) is 22.7. The van der Waals surface area contributed by atoms with E-state index >= 15 is 0 Å². The molecule has 36 heavy (non-hydrogen) atoms. The topological polar surface area (TPSA) is 77.6 Å². The number of ether oxygens (including phenoxy) is 1. The van der Waals surface area contributed by atoms with Gasteiger partial charge in [-0.2, -0.15) is 0 Å². The van der Waals surface area contributed by atoms with Crippen molar-refractivity contribution < 1.29 is 13.9 Å². The summed E-state index contributed by atoms with van der Waals surface area (Å²) >= 11 is 0. The maximum atomic E-state index is 13.9. The molecule has 7 nitrogen and oxygen atoms in total. The van der Waals surface area contributed by atoms with E-state index in [1.807, 2.05) is 52.8 Å². The van der Waals surface area contributed by atoms with Crippen LogP contribution in [-0.2, 0) is 30.9 Å². The first-order chi connectivity index (χ1) is 17.5. The quantitative estimate of drug-likeness (QED) is 0.397. The van der Waals surface area contributed by atoms with Gasteiger partial charge in [0.2, 0.25) is 0 Å². The Bertz CT molecular complexity index is 1530. The summed E-state index contributed by atoms with van der Waals surface area (Å²) in [7, 11) is 1.59. The van der Waals surface area contributed by atoms with Crippen molar-refractivity contribution in [2.45, 2.75) is 45.9 Å². The van der Waals surface area contributed by atoms with E-state index in [0.717, 1.165) is 52.8 Å². The van der Waals surface area contributed by atoms with Gasteiger partial charge in [0.05, 0.1) is 5.52 Å². The van der Waals surface area contributed by atoms with Crippen LogP contribution in [0.2, 0.25) is 0 Å². The molecule has 4 aromatic rings. The van der Waals surface area contributed by atoms with Crippen LogP contribution in [0.1, 0.15) is 46.1 Å². The minimum atomic E-state index is -0.144. The molecular formula is C29H29N3O4. The van der Waals surface area contributed by atoms with Gasteiger partial charge in [0.25, 0.3) is 11.5 Å². The minimum Gasteiger partial charge on any atom is -0.453 e. The summed E-state index contributed by atoms with van der Waals surface area (Å²) in [6, 6.07) is 15.4. The van der Waals surface area contributed by atoms with Gasteiger partial charge in [0.15, 0.2) is 5.76 Å². The number of benzene rings is 1. The second kappa shape index (κ2) is 9.06. The van der Waals surface area contributed by atoms with E-state index < -0.39 is 0 Å². The van der Waals surface area contributed by atoms with Crippen molar-refractivity contribution >= 4 is 16.8 Å². The smallest absolute Gasteiger partial charge is 0.289 e. The van der Waals surface area contributed by atoms with Crippen molar-refractivity contribution in [3.8, 4) is 11.1 Å². The van der Waals surface area contributed by atoms with Crippen LogP contribution in [-0.4, -0.2) is 34.0 Å². The molecule has 4 heterocycles.